The van der Waals surface area contributed by atoms with Crippen LogP contribution in [0.25, 0.3) is 0 Å². The molecule has 3 rings (SSSR count). The maximum atomic E-state index is 12.4. The van der Waals surface area contributed by atoms with E-state index in [1.165, 1.54) is 25.3 Å². The molecule has 1 aliphatic carbocycles. The summed E-state index contributed by atoms with van der Waals surface area (Å²) < 4.78 is 5.45. The minimum Gasteiger partial charge on any atom is -0.478 e. The maximum Gasteiger partial charge on any atom is 0.339 e. The Balaban J connectivity index is 1.79. The van der Waals surface area contributed by atoms with Crippen molar-refractivity contribution in [2.75, 3.05) is 13.1 Å². The molecule has 5 heteroatoms. The number of amides is 1. The lowest BCUT2D eigenvalue weighted by Crippen LogP contribution is -2.29. The number of carbonyl (C=O) groups is 2. The van der Waals surface area contributed by atoms with Crippen LogP contribution in [0.5, 0.6) is 0 Å². The van der Waals surface area contributed by atoms with Crippen molar-refractivity contribution in [2.45, 2.75) is 32.6 Å². The van der Waals surface area contributed by atoms with E-state index in [2.05, 4.69) is 0 Å². The molecule has 2 aliphatic rings. The van der Waals surface area contributed by atoms with E-state index in [1.54, 1.807) is 0 Å². The van der Waals surface area contributed by atoms with Gasteiger partial charge in [0.2, 0.25) is 0 Å². The minimum absolute atomic E-state index is 0.107. The number of carboxylic acids is 1. The van der Waals surface area contributed by atoms with Crippen molar-refractivity contribution >= 4 is 11.9 Å². The highest BCUT2D eigenvalue weighted by Crippen LogP contribution is 2.38. The van der Waals surface area contributed by atoms with E-state index in [1.807, 2.05) is 11.8 Å². The monoisotopic (exact) mass is 277 g/mol. The highest BCUT2D eigenvalue weighted by Gasteiger charge is 2.39. The molecule has 2 atom stereocenters. The van der Waals surface area contributed by atoms with Crippen LogP contribution in [0.2, 0.25) is 0 Å². The van der Waals surface area contributed by atoms with Crippen molar-refractivity contribution < 1.29 is 19.1 Å². The fourth-order valence-corrected chi connectivity index (χ4v) is 3.53. The molecular weight excluding hydrogens is 258 g/mol. The van der Waals surface area contributed by atoms with Crippen LogP contribution in [0.3, 0.4) is 0 Å². The van der Waals surface area contributed by atoms with Crippen molar-refractivity contribution in [1.29, 1.82) is 0 Å². The zero-order valence-electron chi connectivity index (χ0n) is 11.6. The number of hydrogen-bond donors (Lipinski definition) is 1. The molecule has 2 fully saturated rings. The number of carboxylic acid groups (broad SMARTS) is 1. The SMILES string of the molecule is CCc1oc(C(=O)N2CC3CCCC3C2)cc1C(=O)O. The van der Waals surface area contributed by atoms with Crippen LogP contribution in [-0.4, -0.2) is 35.0 Å². The first-order chi connectivity index (χ1) is 9.60. The lowest BCUT2D eigenvalue weighted by atomic mass is 10.0. The van der Waals surface area contributed by atoms with Gasteiger partial charge in [0.25, 0.3) is 5.91 Å². The summed E-state index contributed by atoms with van der Waals surface area (Å²) in [4.78, 5) is 25.4. The molecule has 20 heavy (non-hydrogen) atoms. The normalized spacial score (nSPS) is 24.9. The summed E-state index contributed by atoms with van der Waals surface area (Å²) in [5.41, 5.74) is 0.107. The zero-order valence-corrected chi connectivity index (χ0v) is 11.6. The topological polar surface area (TPSA) is 70.8 Å². The quantitative estimate of drug-likeness (QED) is 0.921. The molecule has 0 radical (unpaired) electrons. The Labute approximate surface area is 117 Å². The third-order valence-corrected chi connectivity index (χ3v) is 4.58. The fraction of sp³-hybridized carbons (Fsp3) is 0.600. The fourth-order valence-electron chi connectivity index (χ4n) is 3.53. The van der Waals surface area contributed by atoms with Gasteiger partial charge in [-0.3, -0.25) is 4.79 Å². The molecule has 1 aliphatic heterocycles. The van der Waals surface area contributed by atoms with E-state index >= 15 is 0 Å². The number of carbonyl (C=O) groups excluding carboxylic acids is 1. The van der Waals surface area contributed by atoms with Gasteiger partial charge in [-0.15, -0.1) is 0 Å². The highest BCUT2D eigenvalue weighted by atomic mass is 16.4. The lowest BCUT2D eigenvalue weighted by molar-refractivity contribution is 0.0692. The molecule has 1 amide bonds. The van der Waals surface area contributed by atoms with Crippen LogP contribution in [-0.2, 0) is 6.42 Å². The van der Waals surface area contributed by atoms with Gasteiger partial charge < -0.3 is 14.4 Å². The number of aromatic carboxylic acids is 1. The van der Waals surface area contributed by atoms with Gasteiger partial charge in [0.15, 0.2) is 5.76 Å². The summed E-state index contributed by atoms with van der Waals surface area (Å²) >= 11 is 0. The third-order valence-electron chi connectivity index (χ3n) is 4.58. The molecule has 0 aromatic carbocycles. The summed E-state index contributed by atoms with van der Waals surface area (Å²) in [7, 11) is 0. The van der Waals surface area contributed by atoms with Crippen molar-refractivity contribution in [1.82, 2.24) is 4.90 Å². The number of fused-ring (bicyclic) bond motifs is 1. The summed E-state index contributed by atoms with van der Waals surface area (Å²) in [6.45, 7) is 3.39. The van der Waals surface area contributed by atoms with Crippen LogP contribution in [0.15, 0.2) is 10.5 Å². The first-order valence-corrected chi connectivity index (χ1v) is 7.25. The van der Waals surface area contributed by atoms with Gasteiger partial charge >= 0.3 is 5.97 Å². The number of hydrogen-bond acceptors (Lipinski definition) is 3. The first kappa shape index (κ1) is 13.2. The summed E-state index contributed by atoms with van der Waals surface area (Å²) in [5.74, 6) is 0.584. The van der Waals surface area contributed by atoms with E-state index in [4.69, 9.17) is 9.52 Å². The molecule has 2 heterocycles. The van der Waals surface area contributed by atoms with Crippen LogP contribution >= 0.6 is 0 Å². The predicted octanol–water partition coefficient (Wildman–Crippen LogP) is 2.41. The van der Waals surface area contributed by atoms with Gasteiger partial charge in [-0.1, -0.05) is 13.3 Å². The first-order valence-electron chi connectivity index (χ1n) is 7.25. The van der Waals surface area contributed by atoms with Gasteiger partial charge in [-0.25, -0.2) is 4.79 Å². The molecule has 0 bridgehead atoms. The van der Waals surface area contributed by atoms with E-state index in [0.717, 1.165) is 13.1 Å². The Hall–Kier alpha value is -1.78. The number of aryl methyl sites for hydroxylation is 1. The van der Waals surface area contributed by atoms with Gasteiger partial charge in [-0.2, -0.15) is 0 Å². The Morgan fingerprint density at radius 3 is 2.50 bits per heavy atom. The summed E-state index contributed by atoms with van der Waals surface area (Å²) in [6.07, 6.45) is 4.14. The second kappa shape index (κ2) is 4.96. The molecule has 108 valence electrons. The molecule has 1 saturated heterocycles. The largest absolute Gasteiger partial charge is 0.478 e. The molecule has 0 spiro atoms. The van der Waals surface area contributed by atoms with Gasteiger partial charge in [0.1, 0.15) is 11.3 Å². The molecule has 1 N–H and O–H groups in total. The van der Waals surface area contributed by atoms with Crippen molar-refractivity contribution in [3.63, 3.8) is 0 Å². The Morgan fingerprint density at radius 1 is 1.35 bits per heavy atom. The zero-order chi connectivity index (χ0) is 14.3. The smallest absolute Gasteiger partial charge is 0.339 e. The Bertz CT molecular complexity index is 536. The van der Waals surface area contributed by atoms with Crippen LogP contribution < -0.4 is 0 Å². The van der Waals surface area contributed by atoms with Crippen LogP contribution in [0, 0.1) is 11.8 Å². The maximum absolute atomic E-state index is 12.4. The minimum atomic E-state index is -1.04. The van der Waals surface area contributed by atoms with Crippen LogP contribution in [0.4, 0.5) is 0 Å². The van der Waals surface area contributed by atoms with E-state index in [9.17, 15) is 9.59 Å². The highest BCUT2D eigenvalue weighted by molar-refractivity contribution is 5.96. The van der Waals surface area contributed by atoms with Crippen molar-refractivity contribution in [2.24, 2.45) is 11.8 Å². The standard InChI is InChI=1S/C15H19NO4/c1-2-12-11(15(18)19)6-13(20-12)14(17)16-7-9-4-3-5-10(9)8-16/h6,9-10H,2-5,7-8H2,1H3,(H,18,19). The second-order valence-corrected chi connectivity index (χ2v) is 5.77. The number of nitrogens with zero attached hydrogens (tertiary/aromatic N) is 1. The Morgan fingerprint density at radius 2 is 2.00 bits per heavy atom. The van der Waals surface area contributed by atoms with Gasteiger partial charge in [-0.05, 0) is 24.7 Å². The predicted molar refractivity (Wildman–Crippen MR) is 71.8 cm³/mol. The molecule has 1 saturated carbocycles. The average molecular weight is 277 g/mol. The molecule has 2 unspecified atom stereocenters. The Kier molecular flexibility index (Phi) is 3.28. The molecule has 1 aromatic heterocycles. The molecular formula is C15H19NO4. The number of rotatable bonds is 3. The third kappa shape index (κ3) is 2.11. The summed E-state index contributed by atoms with van der Waals surface area (Å²) in [5, 5.41) is 9.10. The average Bonchev–Trinajstić information content (AvgIpc) is 3.10. The lowest BCUT2D eigenvalue weighted by Gasteiger charge is -2.15. The molecule has 5 nitrogen and oxygen atoms in total. The second-order valence-electron chi connectivity index (χ2n) is 5.77. The van der Waals surface area contributed by atoms with Crippen LogP contribution in [0.1, 0.15) is 52.9 Å². The molecule has 1 aromatic rings. The van der Waals surface area contributed by atoms with Gasteiger partial charge in [0, 0.05) is 25.6 Å². The van der Waals surface area contributed by atoms with E-state index in [-0.39, 0.29) is 17.2 Å². The summed E-state index contributed by atoms with van der Waals surface area (Å²) in [6, 6.07) is 1.37. The van der Waals surface area contributed by atoms with E-state index < -0.39 is 5.97 Å². The number of furan rings is 1. The van der Waals surface area contributed by atoms with Gasteiger partial charge in [0.05, 0.1) is 0 Å². The van der Waals surface area contributed by atoms with E-state index in [0.29, 0.717) is 24.0 Å². The van der Waals surface area contributed by atoms with Crippen molar-refractivity contribution in [3.8, 4) is 0 Å². The van der Waals surface area contributed by atoms with Crippen molar-refractivity contribution in [3.05, 3.63) is 23.2 Å². The number of likely N-dealkylation sites (tertiary alicyclic amines) is 1.